The molecule has 0 radical (unpaired) electrons. The summed E-state index contributed by atoms with van der Waals surface area (Å²) in [6, 6.07) is 0.351. The lowest BCUT2D eigenvalue weighted by Gasteiger charge is -2.31. The zero-order valence-electron chi connectivity index (χ0n) is 5.95. The molecule has 0 aliphatic heterocycles. The predicted molar refractivity (Wildman–Crippen MR) is 37.1 cm³/mol. The lowest BCUT2D eigenvalue weighted by Crippen LogP contribution is -2.42. The van der Waals surface area contributed by atoms with Crippen LogP contribution in [0.5, 0.6) is 0 Å². The Morgan fingerprint density at radius 2 is 2.00 bits per heavy atom. The molecular formula is C6H14N2O2. The van der Waals surface area contributed by atoms with Crippen molar-refractivity contribution in [2.75, 3.05) is 13.2 Å². The summed E-state index contributed by atoms with van der Waals surface area (Å²) in [6.07, 6.45) is 2.31. The van der Waals surface area contributed by atoms with Gasteiger partial charge in [0.15, 0.2) is 0 Å². The monoisotopic (exact) mass is 146 g/mol. The van der Waals surface area contributed by atoms with Gasteiger partial charge in [-0.25, -0.2) is 5.90 Å². The highest BCUT2D eigenvalue weighted by Crippen LogP contribution is 2.20. The third kappa shape index (κ3) is 2.22. The largest absolute Gasteiger partial charge is 0.376 e. The third-order valence-electron chi connectivity index (χ3n) is 1.69. The van der Waals surface area contributed by atoms with Crippen molar-refractivity contribution in [3.8, 4) is 0 Å². The summed E-state index contributed by atoms with van der Waals surface area (Å²) < 4.78 is 5.30. The van der Waals surface area contributed by atoms with E-state index in [1.165, 1.54) is 0 Å². The highest BCUT2D eigenvalue weighted by molar-refractivity contribution is 4.82. The molecular weight excluding hydrogens is 132 g/mol. The van der Waals surface area contributed by atoms with Crippen molar-refractivity contribution in [1.29, 1.82) is 0 Å². The Morgan fingerprint density at radius 1 is 1.30 bits per heavy atom. The summed E-state index contributed by atoms with van der Waals surface area (Å²) in [5.41, 5.74) is 5.54. The molecule has 0 atom stereocenters. The first-order valence-corrected chi connectivity index (χ1v) is 3.52. The summed E-state index contributed by atoms with van der Waals surface area (Å²) in [5, 5.41) is 0. The quantitative estimate of drug-likeness (QED) is 0.410. The zero-order chi connectivity index (χ0) is 7.40. The van der Waals surface area contributed by atoms with Gasteiger partial charge < -0.3 is 15.3 Å². The molecule has 0 amide bonds. The van der Waals surface area contributed by atoms with Crippen LogP contribution in [0.3, 0.4) is 0 Å². The maximum atomic E-state index is 5.54. The van der Waals surface area contributed by atoms with Gasteiger partial charge in [0.05, 0.1) is 19.3 Å². The SMILES string of the molecule is NOCCOC1CC(N)C1. The Hall–Kier alpha value is -0.160. The number of nitrogens with two attached hydrogens (primary N) is 2. The van der Waals surface area contributed by atoms with Crippen molar-refractivity contribution in [2.24, 2.45) is 11.6 Å². The Labute approximate surface area is 60.4 Å². The van der Waals surface area contributed by atoms with Gasteiger partial charge >= 0.3 is 0 Å². The first-order chi connectivity index (χ1) is 4.83. The van der Waals surface area contributed by atoms with Crippen LogP contribution in [0.1, 0.15) is 12.8 Å². The van der Waals surface area contributed by atoms with E-state index in [0.29, 0.717) is 25.4 Å². The van der Waals surface area contributed by atoms with E-state index in [4.69, 9.17) is 16.4 Å². The van der Waals surface area contributed by atoms with Gasteiger partial charge in [0.2, 0.25) is 0 Å². The average molecular weight is 146 g/mol. The summed E-state index contributed by atoms with van der Waals surface area (Å²) in [7, 11) is 0. The fraction of sp³-hybridized carbons (Fsp3) is 1.00. The molecule has 0 aromatic heterocycles. The molecule has 60 valence electrons. The van der Waals surface area contributed by atoms with Crippen molar-refractivity contribution >= 4 is 0 Å². The van der Waals surface area contributed by atoms with Crippen LogP contribution in [-0.2, 0) is 9.57 Å². The van der Waals surface area contributed by atoms with E-state index in [2.05, 4.69) is 4.84 Å². The van der Waals surface area contributed by atoms with Crippen molar-refractivity contribution in [3.05, 3.63) is 0 Å². The highest BCUT2D eigenvalue weighted by atomic mass is 16.6. The van der Waals surface area contributed by atoms with Gasteiger partial charge in [-0.15, -0.1) is 0 Å². The third-order valence-corrected chi connectivity index (χ3v) is 1.69. The van der Waals surface area contributed by atoms with Gasteiger partial charge in [-0.3, -0.25) is 0 Å². The highest BCUT2D eigenvalue weighted by Gasteiger charge is 2.25. The van der Waals surface area contributed by atoms with Gasteiger partial charge in [-0.2, -0.15) is 0 Å². The van der Waals surface area contributed by atoms with Crippen LogP contribution < -0.4 is 11.6 Å². The molecule has 4 nitrogen and oxygen atoms in total. The number of hydrogen-bond acceptors (Lipinski definition) is 4. The fourth-order valence-corrected chi connectivity index (χ4v) is 1.01. The van der Waals surface area contributed by atoms with Gasteiger partial charge in [-0.1, -0.05) is 0 Å². The van der Waals surface area contributed by atoms with E-state index in [9.17, 15) is 0 Å². The second-order valence-corrected chi connectivity index (χ2v) is 2.60. The van der Waals surface area contributed by atoms with Crippen molar-refractivity contribution in [3.63, 3.8) is 0 Å². The number of ether oxygens (including phenoxy) is 1. The summed E-state index contributed by atoms with van der Waals surface area (Å²) >= 11 is 0. The van der Waals surface area contributed by atoms with E-state index >= 15 is 0 Å². The predicted octanol–water partition coefficient (Wildman–Crippen LogP) is -0.617. The minimum absolute atomic E-state index is 0.351. The Balaban J connectivity index is 1.86. The second-order valence-electron chi connectivity index (χ2n) is 2.60. The first-order valence-electron chi connectivity index (χ1n) is 3.52. The molecule has 0 spiro atoms. The summed E-state index contributed by atoms with van der Waals surface area (Å²) in [4.78, 5) is 4.33. The first kappa shape index (κ1) is 7.94. The summed E-state index contributed by atoms with van der Waals surface area (Å²) in [5.74, 6) is 4.80. The molecule has 1 aliphatic rings. The minimum atomic E-state index is 0.351. The van der Waals surface area contributed by atoms with Gasteiger partial charge in [0.1, 0.15) is 0 Å². The van der Waals surface area contributed by atoms with E-state index in [1.54, 1.807) is 0 Å². The molecule has 4 N–H and O–H groups in total. The van der Waals surface area contributed by atoms with Gasteiger partial charge in [0, 0.05) is 6.04 Å². The number of rotatable bonds is 4. The average Bonchev–Trinajstić information content (AvgIpc) is 1.85. The van der Waals surface area contributed by atoms with Crippen LogP contribution in [0.25, 0.3) is 0 Å². The Kier molecular flexibility index (Phi) is 3.08. The van der Waals surface area contributed by atoms with E-state index in [-0.39, 0.29) is 0 Å². The molecule has 1 rings (SSSR count). The summed E-state index contributed by atoms with van der Waals surface area (Å²) in [6.45, 7) is 1.04. The Morgan fingerprint density at radius 3 is 2.50 bits per heavy atom. The smallest absolute Gasteiger partial charge is 0.0913 e. The van der Waals surface area contributed by atoms with Crippen LogP contribution >= 0.6 is 0 Å². The van der Waals surface area contributed by atoms with Crippen molar-refractivity contribution < 1.29 is 9.57 Å². The normalized spacial score (nSPS) is 31.8. The standard InChI is InChI=1S/C6H14N2O2/c7-5-3-6(4-5)9-1-2-10-8/h5-6H,1-4,7-8H2. The Bertz CT molecular complexity index is 93.7. The molecule has 0 aromatic rings. The maximum absolute atomic E-state index is 5.54. The molecule has 0 aromatic carbocycles. The lowest BCUT2D eigenvalue weighted by molar-refractivity contribution is -0.0365. The topological polar surface area (TPSA) is 70.5 Å². The van der Waals surface area contributed by atoms with Crippen LogP contribution in [0.15, 0.2) is 0 Å². The molecule has 1 aliphatic carbocycles. The minimum Gasteiger partial charge on any atom is -0.376 e. The van der Waals surface area contributed by atoms with E-state index in [0.717, 1.165) is 12.8 Å². The second kappa shape index (κ2) is 3.88. The molecule has 4 heteroatoms. The van der Waals surface area contributed by atoms with E-state index in [1.807, 2.05) is 0 Å². The molecule has 10 heavy (non-hydrogen) atoms. The number of hydrogen-bond donors (Lipinski definition) is 2. The van der Waals surface area contributed by atoms with Gasteiger partial charge in [-0.05, 0) is 12.8 Å². The lowest BCUT2D eigenvalue weighted by atomic mass is 9.90. The fourth-order valence-electron chi connectivity index (χ4n) is 1.01. The molecule has 1 fully saturated rings. The maximum Gasteiger partial charge on any atom is 0.0913 e. The molecule has 0 heterocycles. The van der Waals surface area contributed by atoms with Crippen LogP contribution in [0, 0.1) is 0 Å². The van der Waals surface area contributed by atoms with Crippen molar-refractivity contribution in [2.45, 2.75) is 25.0 Å². The van der Waals surface area contributed by atoms with Gasteiger partial charge in [0.25, 0.3) is 0 Å². The molecule has 0 unspecified atom stereocenters. The molecule has 0 bridgehead atoms. The molecule has 0 saturated heterocycles. The van der Waals surface area contributed by atoms with Crippen LogP contribution in [0.2, 0.25) is 0 Å². The molecule has 1 saturated carbocycles. The van der Waals surface area contributed by atoms with Crippen LogP contribution in [0.4, 0.5) is 0 Å². The van der Waals surface area contributed by atoms with Crippen LogP contribution in [-0.4, -0.2) is 25.4 Å². The van der Waals surface area contributed by atoms with E-state index < -0.39 is 0 Å². The van der Waals surface area contributed by atoms with Crippen molar-refractivity contribution in [1.82, 2.24) is 0 Å². The zero-order valence-corrected chi connectivity index (χ0v) is 5.95.